The van der Waals surface area contributed by atoms with E-state index < -0.39 is 6.61 Å². The van der Waals surface area contributed by atoms with Gasteiger partial charge in [0.2, 0.25) is 0 Å². The molecule has 0 saturated carbocycles. The first kappa shape index (κ1) is 15.6. The quantitative estimate of drug-likeness (QED) is 0.758. The summed E-state index contributed by atoms with van der Waals surface area (Å²) in [5, 5.41) is 0.417. The minimum Gasteiger partial charge on any atom is -0.435 e. The van der Waals surface area contributed by atoms with Gasteiger partial charge in [-0.1, -0.05) is 25.4 Å². The van der Waals surface area contributed by atoms with E-state index in [1.54, 1.807) is 12.1 Å². The lowest BCUT2D eigenvalue weighted by molar-refractivity contribution is -0.0498. The van der Waals surface area contributed by atoms with Gasteiger partial charge in [-0.05, 0) is 37.1 Å². The van der Waals surface area contributed by atoms with Crippen molar-refractivity contribution in [3.8, 4) is 17.1 Å². The Balaban J connectivity index is 2.34. The monoisotopic (exact) mass is 312 g/mol. The molecule has 0 amide bonds. The van der Waals surface area contributed by atoms with E-state index >= 15 is 0 Å². The molecule has 0 spiro atoms. The maximum absolute atomic E-state index is 12.1. The van der Waals surface area contributed by atoms with Crippen LogP contribution < -0.4 is 4.74 Å². The Morgan fingerprint density at radius 2 is 1.71 bits per heavy atom. The number of nitrogens with zero attached hydrogens (tertiary/aromatic N) is 2. The first-order valence-electron chi connectivity index (χ1n) is 6.47. The fourth-order valence-corrected chi connectivity index (χ4v) is 2.55. The molecule has 0 unspecified atom stereocenters. The van der Waals surface area contributed by atoms with Crippen LogP contribution in [0.2, 0.25) is 5.15 Å². The number of aromatic nitrogens is 2. The van der Waals surface area contributed by atoms with Crippen LogP contribution >= 0.6 is 11.6 Å². The average Bonchev–Trinajstić information content (AvgIpc) is 2.37. The molecule has 6 heteroatoms. The van der Waals surface area contributed by atoms with Gasteiger partial charge < -0.3 is 4.74 Å². The summed E-state index contributed by atoms with van der Waals surface area (Å²) in [6.45, 7) is 3.08. The van der Waals surface area contributed by atoms with Crippen molar-refractivity contribution in [1.29, 1.82) is 0 Å². The lowest BCUT2D eigenvalue weighted by Gasteiger charge is -2.12. The zero-order chi connectivity index (χ0) is 15.6. The second-order valence-corrected chi connectivity index (χ2v) is 5.25. The number of hydrogen-bond donors (Lipinski definition) is 0. The van der Waals surface area contributed by atoms with Gasteiger partial charge in [-0.15, -0.1) is 0 Å². The Kier molecular flexibility index (Phi) is 4.73. The maximum atomic E-state index is 12.1. The van der Waals surface area contributed by atoms with Crippen LogP contribution in [0.4, 0.5) is 8.78 Å². The molecule has 0 fully saturated rings. The molecule has 0 radical (unpaired) electrons. The minimum absolute atomic E-state index is 0.0929. The standard InChI is InChI=1S/C15H15ClF2N2O/c1-8(2)12-9(3)19-14(20-13(12)16)10-4-6-11(7-5-10)21-15(17)18/h4-8,15H,1-3H3. The van der Waals surface area contributed by atoms with Crippen LogP contribution in [0, 0.1) is 6.92 Å². The highest BCUT2D eigenvalue weighted by molar-refractivity contribution is 6.30. The third-order valence-corrected chi connectivity index (χ3v) is 3.29. The van der Waals surface area contributed by atoms with Crippen molar-refractivity contribution in [2.24, 2.45) is 0 Å². The van der Waals surface area contributed by atoms with Gasteiger partial charge in [-0.25, -0.2) is 9.97 Å². The smallest absolute Gasteiger partial charge is 0.387 e. The predicted molar refractivity (Wildman–Crippen MR) is 77.9 cm³/mol. The molecule has 0 saturated heterocycles. The molecule has 0 aliphatic rings. The summed E-state index contributed by atoms with van der Waals surface area (Å²) >= 11 is 6.20. The van der Waals surface area contributed by atoms with Crippen LogP contribution in [-0.4, -0.2) is 16.6 Å². The number of hydrogen-bond acceptors (Lipinski definition) is 3. The molecule has 0 aliphatic heterocycles. The van der Waals surface area contributed by atoms with Crippen LogP contribution in [0.15, 0.2) is 24.3 Å². The Morgan fingerprint density at radius 1 is 1.10 bits per heavy atom. The van der Waals surface area contributed by atoms with Crippen molar-refractivity contribution in [1.82, 2.24) is 9.97 Å². The van der Waals surface area contributed by atoms with Crippen molar-refractivity contribution in [2.45, 2.75) is 33.3 Å². The minimum atomic E-state index is -2.84. The Morgan fingerprint density at radius 3 is 2.19 bits per heavy atom. The maximum Gasteiger partial charge on any atom is 0.387 e. The molecule has 1 aromatic heterocycles. The first-order valence-corrected chi connectivity index (χ1v) is 6.85. The third kappa shape index (κ3) is 3.67. The largest absolute Gasteiger partial charge is 0.435 e. The highest BCUT2D eigenvalue weighted by atomic mass is 35.5. The van der Waals surface area contributed by atoms with Crippen molar-refractivity contribution in [2.75, 3.05) is 0 Å². The first-order chi connectivity index (χ1) is 9.88. The molecule has 0 N–H and O–H groups in total. The molecule has 0 bridgehead atoms. The summed E-state index contributed by atoms with van der Waals surface area (Å²) in [6, 6.07) is 6.14. The number of benzene rings is 1. The molecule has 0 aliphatic carbocycles. The van der Waals surface area contributed by atoms with Gasteiger partial charge in [0, 0.05) is 16.8 Å². The summed E-state index contributed by atoms with van der Waals surface area (Å²) in [5.74, 6) is 0.786. The van der Waals surface area contributed by atoms with E-state index in [0.29, 0.717) is 16.5 Å². The van der Waals surface area contributed by atoms with Gasteiger partial charge in [0.25, 0.3) is 0 Å². The van der Waals surface area contributed by atoms with E-state index in [2.05, 4.69) is 14.7 Å². The van der Waals surface area contributed by atoms with E-state index in [-0.39, 0.29) is 11.7 Å². The normalized spacial score (nSPS) is 11.2. The Hall–Kier alpha value is -1.75. The number of ether oxygens (including phenoxy) is 1. The van der Waals surface area contributed by atoms with E-state index in [1.807, 2.05) is 20.8 Å². The fraction of sp³-hybridized carbons (Fsp3) is 0.333. The van der Waals surface area contributed by atoms with Crippen molar-refractivity contribution in [3.05, 3.63) is 40.7 Å². The summed E-state index contributed by atoms with van der Waals surface area (Å²) in [4.78, 5) is 8.71. The molecule has 2 rings (SSSR count). The summed E-state index contributed by atoms with van der Waals surface area (Å²) in [6.07, 6.45) is 0. The molecular weight excluding hydrogens is 298 g/mol. The fourth-order valence-electron chi connectivity index (χ4n) is 2.12. The number of aryl methyl sites for hydroxylation is 1. The molecule has 1 heterocycles. The lowest BCUT2D eigenvalue weighted by Crippen LogP contribution is -2.03. The van der Waals surface area contributed by atoms with Gasteiger partial charge in [0.05, 0.1) is 0 Å². The number of halogens is 3. The second kappa shape index (κ2) is 6.35. The van der Waals surface area contributed by atoms with Crippen molar-refractivity contribution in [3.63, 3.8) is 0 Å². The summed E-state index contributed by atoms with van der Waals surface area (Å²) in [7, 11) is 0. The molecule has 112 valence electrons. The predicted octanol–water partition coefficient (Wildman–Crippen LogP) is 4.83. The molecule has 3 nitrogen and oxygen atoms in total. The summed E-state index contributed by atoms with van der Waals surface area (Å²) in [5.41, 5.74) is 2.42. The zero-order valence-corrected chi connectivity index (χ0v) is 12.7. The van der Waals surface area contributed by atoms with Crippen LogP contribution in [0.25, 0.3) is 11.4 Å². The van der Waals surface area contributed by atoms with Crippen LogP contribution in [-0.2, 0) is 0 Å². The lowest BCUT2D eigenvalue weighted by atomic mass is 10.0. The van der Waals surface area contributed by atoms with E-state index in [4.69, 9.17) is 11.6 Å². The Bertz CT molecular complexity index is 607. The van der Waals surface area contributed by atoms with Gasteiger partial charge in [0.1, 0.15) is 10.9 Å². The van der Waals surface area contributed by atoms with Crippen LogP contribution in [0.1, 0.15) is 31.0 Å². The molecule has 1 aromatic carbocycles. The second-order valence-electron chi connectivity index (χ2n) is 4.89. The highest BCUT2D eigenvalue weighted by Gasteiger charge is 2.14. The molecule has 21 heavy (non-hydrogen) atoms. The van der Waals surface area contributed by atoms with Crippen molar-refractivity contribution < 1.29 is 13.5 Å². The van der Waals surface area contributed by atoms with E-state index in [0.717, 1.165) is 11.3 Å². The Labute approximate surface area is 127 Å². The molecule has 0 atom stereocenters. The number of alkyl halides is 2. The summed E-state index contributed by atoms with van der Waals surface area (Å²) < 4.78 is 28.5. The average molecular weight is 313 g/mol. The van der Waals surface area contributed by atoms with E-state index in [9.17, 15) is 8.78 Å². The third-order valence-electron chi connectivity index (χ3n) is 3.00. The molecule has 2 aromatic rings. The zero-order valence-electron chi connectivity index (χ0n) is 11.9. The number of rotatable bonds is 4. The SMILES string of the molecule is Cc1nc(-c2ccc(OC(F)F)cc2)nc(Cl)c1C(C)C. The molecular formula is C15H15ClF2N2O. The topological polar surface area (TPSA) is 35.0 Å². The van der Waals surface area contributed by atoms with Crippen LogP contribution in [0.5, 0.6) is 5.75 Å². The van der Waals surface area contributed by atoms with Crippen LogP contribution in [0.3, 0.4) is 0 Å². The van der Waals surface area contributed by atoms with Gasteiger partial charge in [-0.3, -0.25) is 0 Å². The van der Waals surface area contributed by atoms with Crippen molar-refractivity contribution >= 4 is 11.6 Å². The van der Waals surface area contributed by atoms with Gasteiger partial charge >= 0.3 is 6.61 Å². The van der Waals surface area contributed by atoms with Gasteiger partial charge in [-0.2, -0.15) is 8.78 Å². The highest BCUT2D eigenvalue weighted by Crippen LogP contribution is 2.28. The van der Waals surface area contributed by atoms with Gasteiger partial charge in [0.15, 0.2) is 5.82 Å². The van der Waals surface area contributed by atoms with E-state index in [1.165, 1.54) is 12.1 Å².